The Balaban J connectivity index is 2.00. The molecule has 1 saturated heterocycles. The van der Waals surface area contributed by atoms with Crippen molar-refractivity contribution in [2.24, 2.45) is 5.92 Å². The second kappa shape index (κ2) is 6.08. The van der Waals surface area contributed by atoms with Crippen molar-refractivity contribution < 1.29 is 14.1 Å². The van der Waals surface area contributed by atoms with Crippen LogP contribution in [0.25, 0.3) is 0 Å². The lowest BCUT2D eigenvalue weighted by Crippen LogP contribution is -2.40. The van der Waals surface area contributed by atoms with Crippen molar-refractivity contribution in [3.05, 3.63) is 39.7 Å². The van der Waals surface area contributed by atoms with Gasteiger partial charge in [-0.1, -0.05) is 6.92 Å². The van der Waals surface area contributed by atoms with Crippen LogP contribution in [0.1, 0.15) is 18.9 Å². The predicted molar refractivity (Wildman–Crippen MR) is 68.3 cm³/mol. The normalized spacial score (nSPS) is 23.3. The van der Waals surface area contributed by atoms with Crippen LogP contribution in [0.3, 0.4) is 0 Å². The predicted octanol–water partition coefficient (Wildman–Crippen LogP) is 2.25. The fourth-order valence-corrected chi connectivity index (χ4v) is 2.21. The third-order valence-electron chi connectivity index (χ3n) is 3.37. The maximum atomic E-state index is 13.3. The highest BCUT2D eigenvalue weighted by atomic mass is 19.1. The Hall–Kier alpha value is -1.53. The lowest BCUT2D eigenvalue weighted by atomic mass is 9.97. The first-order valence-electron chi connectivity index (χ1n) is 6.32. The zero-order valence-corrected chi connectivity index (χ0v) is 10.8. The number of piperidine rings is 1. The van der Waals surface area contributed by atoms with E-state index in [4.69, 9.17) is 4.74 Å². The molecule has 2 unspecified atom stereocenters. The van der Waals surface area contributed by atoms with E-state index in [0.717, 1.165) is 25.6 Å². The largest absolute Gasteiger partial charge is 0.372 e. The van der Waals surface area contributed by atoms with E-state index >= 15 is 0 Å². The standard InChI is InChI=1S/C13H17FN2O3/c1-9-2-3-15-7-13(9)19-8-10-4-11(14)6-12(5-10)16(17)18/h4-6,9,13,15H,2-3,7-8H2,1H3. The number of nitro groups is 1. The average Bonchev–Trinajstić information content (AvgIpc) is 2.37. The second-order valence-corrected chi connectivity index (χ2v) is 4.89. The number of benzene rings is 1. The number of nitrogens with one attached hydrogen (secondary N) is 1. The number of hydrogen-bond acceptors (Lipinski definition) is 4. The molecule has 1 heterocycles. The Bertz CT molecular complexity index is 467. The average molecular weight is 268 g/mol. The van der Waals surface area contributed by atoms with Crippen molar-refractivity contribution in [1.82, 2.24) is 5.32 Å². The molecule has 1 aromatic carbocycles. The molecule has 0 aromatic heterocycles. The van der Waals surface area contributed by atoms with Crippen LogP contribution >= 0.6 is 0 Å². The van der Waals surface area contributed by atoms with Crippen LogP contribution in [0, 0.1) is 21.8 Å². The maximum absolute atomic E-state index is 13.3. The summed E-state index contributed by atoms with van der Waals surface area (Å²) in [5.74, 6) is -0.174. The van der Waals surface area contributed by atoms with E-state index in [1.807, 2.05) is 0 Å². The van der Waals surface area contributed by atoms with Crippen molar-refractivity contribution in [2.75, 3.05) is 13.1 Å². The first kappa shape index (κ1) is 13.9. The van der Waals surface area contributed by atoms with Crippen molar-refractivity contribution >= 4 is 5.69 Å². The van der Waals surface area contributed by atoms with Gasteiger partial charge in [0.15, 0.2) is 0 Å². The number of rotatable bonds is 4. The SMILES string of the molecule is CC1CCNCC1OCc1cc(F)cc([N+](=O)[O-])c1. The topological polar surface area (TPSA) is 64.4 Å². The van der Waals surface area contributed by atoms with Crippen LogP contribution in [0.2, 0.25) is 0 Å². The number of ether oxygens (including phenoxy) is 1. The third kappa shape index (κ3) is 3.71. The van der Waals surface area contributed by atoms with Crippen molar-refractivity contribution in [1.29, 1.82) is 0 Å². The van der Waals surface area contributed by atoms with E-state index in [9.17, 15) is 14.5 Å². The molecule has 2 rings (SSSR count). The summed E-state index contributed by atoms with van der Waals surface area (Å²) in [6, 6.07) is 3.53. The van der Waals surface area contributed by atoms with E-state index in [1.54, 1.807) is 0 Å². The minimum Gasteiger partial charge on any atom is -0.372 e. The molecular weight excluding hydrogens is 251 g/mol. The molecule has 1 fully saturated rings. The van der Waals surface area contributed by atoms with Gasteiger partial charge in [-0.3, -0.25) is 10.1 Å². The molecule has 1 aromatic rings. The molecule has 0 spiro atoms. The zero-order chi connectivity index (χ0) is 13.8. The monoisotopic (exact) mass is 268 g/mol. The summed E-state index contributed by atoms with van der Waals surface area (Å²) in [5, 5.41) is 13.9. The van der Waals surface area contributed by atoms with E-state index in [2.05, 4.69) is 12.2 Å². The number of nitro benzene ring substituents is 1. The highest BCUT2D eigenvalue weighted by Crippen LogP contribution is 2.20. The summed E-state index contributed by atoms with van der Waals surface area (Å²) in [6.07, 6.45) is 1.10. The molecule has 6 heteroatoms. The summed E-state index contributed by atoms with van der Waals surface area (Å²) in [6.45, 7) is 4.04. The molecule has 1 aliphatic heterocycles. The molecule has 1 aliphatic rings. The molecule has 0 aliphatic carbocycles. The molecule has 0 amide bonds. The van der Waals surface area contributed by atoms with Gasteiger partial charge in [-0.2, -0.15) is 0 Å². The Morgan fingerprint density at radius 3 is 3.00 bits per heavy atom. The van der Waals surface area contributed by atoms with Crippen LogP contribution < -0.4 is 5.32 Å². The van der Waals surface area contributed by atoms with Crippen LogP contribution in [-0.2, 0) is 11.3 Å². The lowest BCUT2D eigenvalue weighted by Gasteiger charge is -2.29. The summed E-state index contributed by atoms with van der Waals surface area (Å²) in [4.78, 5) is 10.1. The first-order valence-corrected chi connectivity index (χ1v) is 6.32. The fourth-order valence-electron chi connectivity index (χ4n) is 2.21. The molecule has 19 heavy (non-hydrogen) atoms. The van der Waals surface area contributed by atoms with Gasteiger partial charge in [0, 0.05) is 12.6 Å². The van der Waals surface area contributed by atoms with Gasteiger partial charge >= 0.3 is 0 Å². The Morgan fingerprint density at radius 2 is 2.32 bits per heavy atom. The number of nitrogens with zero attached hydrogens (tertiary/aromatic N) is 1. The third-order valence-corrected chi connectivity index (χ3v) is 3.37. The van der Waals surface area contributed by atoms with Gasteiger partial charge in [-0.15, -0.1) is 0 Å². The second-order valence-electron chi connectivity index (χ2n) is 4.89. The molecule has 104 valence electrons. The highest BCUT2D eigenvalue weighted by Gasteiger charge is 2.21. The molecule has 5 nitrogen and oxygen atoms in total. The number of hydrogen-bond donors (Lipinski definition) is 1. The summed E-state index contributed by atoms with van der Waals surface area (Å²) in [7, 11) is 0. The van der Waals surface area contributed by atoms with Gasteiger partial charge < -0.3 is 10.1 Å². The van der Waals surface area contributed by atoms with Gasteiger partial charge in [-0.05, 0) is 30.5 Å². The summed E-state index contributed by atoms with van der Waals surface area (Å²) >= 11 is 0. The maximum Gasteiger partial charge on any atom is 0.272 e. The fraction of sp³-hybridized carbons (Fsp3) is 0.538. The van der Waals surface area contributed by atoms with Gasteiger partial charge in [0.2, 0.25) is 0 Å². The van der Waals surface area contributed by atoms with Gasteiger partial charge in [0.1, 0.15) is 5.82 Å². The van der Waals surface area contributed by atoms with Crippen LogP contribution in [-0.4, -0.2) is 24.1 Å². The lowest BCUT2D eigenvalue weighted by molar-refractivity contribution is -0.385. The number of halogens is 1. The van der Waals surface area contributed by atoms with Gasteiger partial charge in [-0.25, -0.2) is 4.39 Å². The Kier molecular flexibility index (Phi) is 4.44. The van der Waals surface area contributed by atoms with Gasteiger partial charge in [0.25, 0.3) is 5.69 Å². The minimum absolute atomic E-state index is 0.0658. The highest BCUT2D eigenvalue weighted by molar-refractivity contribution is 5.34. The quantitative estimate of drug-likeness (QED) is 0.672. The van der Waals surface area contributed by atoms with Crippen molar-refractivity contribution in [3.8, 4) is 0 Å². The van der Waals surface area contributed by atoms with E-state index in [-0.39, 0.29) is 18.4 Å². The van der Waals surface area contributed by atoms with Crippen LogP contribution in [0.5, 0.6) is 0 Å². The number of non-ortho nitro benzene ring substituents is 1. The van der Waals surface area contributed by atoms with E-state index < -0.39 is 10.7 Å². The van der Waals surface area contributed by atoms with Crippen molar-refractivity contribution in [3.63, 3.8) is 0 Å². The summed E-state index contributed by atoms with van der Waals surface area (Å²) in [5.41, 5.74) is 0.248. The van der Waals surface area contributed by atoms with Gasteiger partial charge in [0.05, 0.1) is 23.7 Å². The molecule has 1 N–H and O–H groups in total. The van der Waals surface area contributed by atoms with Crippen LogP contribution in [0.15, 0.2) is 18.2 Å². The van der Waals surface area contributed by atoms with E-state index in [0.29, 0.717) is 11.5 Å². The molecule has 0 saturated carbocycles. The van der Waals surface area contributed by atoms with E-state index in [1.165, 1.54) is 12.1 Å². The Labute approximate surface area is 110 Å². The Morgan fingerprint density at radius 1 is 1.53 bits per heavy atom. The molecular formula is C13H17FN2O3. The minimum atomic E-state index is -0.609. The molecule has 0 bridgehead atoms. The smallest absolute Gasteiger partial charge is 0.272 e. The first-order chi connectivity index (χ1) is 9.06. The molecule has 0 radical (unpaired) electrons. The van der Waals surface area contributed by atoms with Crippen LogP contribution in [0.4, 0.5) is 10.1 Å². The summed E-state index contributed by atoms with van der Waals surface area (Å²) < 4.78 is 19.0. The van der Waals surface area contributed by atoms with Crippen molar-refractivity contribution in [2.45, 2.75) is 26.1 Å². The zero-order valence-electron chi connectivity index (χ0n) is 10.8. The molecule has 2 atom stereocenters.